The van der Waals surface area contributed by atoms with Crippen LogP contribution in [-0.2, 0) is 0 Å². The smallest absolute Gasteiger partial charge is 0.405 e. The van der Waals surface area contributed by atoms with Gasteiger partial charge in [-0.3, -0.25) is 0 Å². The number of benzene rings is 1. The van der Waals surface area contributed by atoms with E-state index in [2.05, 4.69) is 5.32 Å². The number of nitrogens with zero attached hydrogens (tertiary/aromatic N) is 1. The average molecular weight is 234 g/mol. The van der Waals surface area contributed by atoms with Gasteiger partial charge in [-0.05, 0) is 17.7 Å². The van der Waals surface area contributed by atoms with Crippen molar-refractivity contribution < 1.29 is 14.6 Å². The SMILES string of the molecule is COc1ccc(C(C)C(C#N)NC(=O)O)cc1. The highest BCUT2D eigenvalue weighted by molar-refractivity contribution is 5.65. The van der Waals surface area contributed by atoms with Crippen LogP contribution in [0, 0.1) is 11.3 Å². The topological polar surface area (TPSA) is 82.3 Å². The van der Waals surface area contributed by atoms with Gasteiger partial charge in [0.05, 0.1) is 13.2 Å². The molecule has 0 radical (unpaired) electrons. The van der Waals surface area contributed by atoms with Crippen molar-refractivity contribution >= 4 is 6.09 Å². The summed E-state index contributed by atoms with van der Waals surface area (Å²) in [6, 6.07) is 8.37. The van der Waals surface area contributed by atoms with Gasteiger partial charge in [-0.15, -0.1) is 0 Å². The summed E-state index contributed by atoms with van der Waals surface area (Å²) in [6.07, 6.45) is -1.20. The Balaban J connectivity index is 2.82. The van der Waals surface area contributed by atoms with Crippen LogP contribution in [0.4, 0.5) is 4.79 Å². The molecule has 2 atom stereocenters. The van der Waals surface area contributed by atoms with Crippen LogP contribution in [0.1, 0.15) is 18.4 Å². The molecule has 0 aliphatic rings. The van der Waals surface area contributed by atoms with Crippen molar-refractivity contribution in [3.05, 3.63) is 29.8 Å². The summed E-state index contributed by atoms with van der Waals surface area (Å²) in [4.78, 5) is 10.5. The summed E-state index contributed by atoms with van der Waals surface area (Å²) in [5.41, 5.74) is 0.881. The lowest BCUT2D eigenvalue weighted by atomic mass is 9.94. The zero-order chi connectivity index (χ0) is 12.8. The predicted molar refractivity (Wildman–Crippen MR) is 62.0 cm³/mol. The molecule has 0 aliphatic heterocycles. The number of carbonyl (C=O) groups is 1. The predicted octanol–water partition coefficient (Wildman–Crippen LogP) is 1.96. The van der Waals surface area contributed by atoms with E-state index in [9.17, 15) is 4.79 Å². The van der Waals surface area contributed by atoms with Crippen molar-refractivity contribution in [2.24, 2.45) is 0 Å². The van der Waals surface area contributed by atoms with Crippen molar-refractivity contribution in [2.75, 3.05) is 7.11 Å². The van der Waals surface area contributed by atoms with Crippen molar-refractivity contribution in [1.29, 1.82) is 5.26 Å². The van der Waals surface area contributed by atoms with Gasteiger partial charge < -0.3 is 15.2 Å². The molecule has 90 valence electrons. The van der Waals surface area contributed by atoms with Crippen molar-refractivity contribution in [3.63, 3.8) is 0 Å². The highest BCUT2D eigenvalue weighted by Gasteiger charge is 2.20. The maximum Gasteiger partial charge on any atom is 0.405 e. The number of hydrogen-bond donors (Lipinski definition) is 2. The third-order valence-electron chi connectivity index (χ3n) is 2.56. The van der Waals surface area contributed by atoms with Gasteiger partial charge >= 0.3 is 6.09 Å². The zero-order valence-electron chi connectivity index (χ0n) is 9.68. The fraction of sp³-hybridized carbons (Fsp3) is 0.333. The molecule has 17 heavy (non-hydrogen) atoms. The molecule has 0 saturated heterocycles. The summed E-state index contributed by atoms with van der Waals surface area (Å²) in [5.74, 6) is 0.502. The third kappa shape index (κ3) is 3.38. The fourth-order valence-electron chi connectivity index (χ4n) is 1.50. The molecule has 0 aromatic heterocycles. The molecule has 0 aliphatic carbocycles. The number of methoxy groups -OCH3 is 1. The van der Waals surface area contributed by atoms with E-state index >= 15 is 0 Å². The minimum Gasteiger partial charge on any atom is -0.497 e. The summed E-state index contributed by atoms with van der Waals surface area (Å²) < 4.78 is 5.03. The first-order valence-corrected chi connectivity index (χ1v) is 5.11. The van der Waals surface area contributed by atoms with Crippen LogP contribution in [0.25, 0.3) is 0 Å². The summed E-state index contributed by atoms with van der Waals surface area (Å²) >= 11 is 0. The van der Waals surface area contributed by atoms with Crippen molar-refractivity contribution in [2.45, 2.75) is 18.9 Å². The number of ether oxygens (including phenoxy) is 1. The molecule has 1 aromatic rings. The Morgan fingerprint density at radius 2 is 2.06 bits per heavy atom. The molecule has 0 heterocycles. The summed E-state index contributed by atoms with van der Waals surface area (Å²) in [5, 5.41) is 19.7. The number of amides is 1. The lowest BCUT2D eigenvalue weighted by Gasteiger charge is -2.18. The highest BCUT2D eigenvalue weighted by atomic mass is 16.5. The third-order valence-corrected chi connectivity index (χ3v) is 2.56. The summed E-state index contributed by atoms with van der Waals surface area (Å²) in [6.45, 7) is 1.80. The molecule has 5 nitrogen and oxygen atoms in total. The minimum atomic E-state index is -1.20. The second-order valence-corrected chi connectivity index (χ2v) is 3.62. The largest absolute Gasteiger partial charge is 0.497 e. The molecule has 1 amide bonds. The second kappa shape index (κ2) is 5.75. The fourth-order valence-corrected chi connectivity index (χ4v) is 1.50. The lowest BCUT2D eigenvalue weighted by Crippen LogP contribution is -2.36. The first kappa shape index (κ1) is 12.8. The number of nitriles is 1. The maximum absolute atomic E-state index is 10.5. The van der Waals surface area contributed by atoms with Gasteiger partial charge in [-0.1, -0.05) is 19.1 Å². The minimum absolute atomic E-state index is 0.220. The second-order valence-electron chi connectivity index (χ2n) is 3.62. The molecular weight excluding hydrogens is 220 g/mol. The number of carboxylic acid groups (broad SMARTS) is 1. The first-order valence-electron chi connectivity index (χ1n) is 5.11. The van der Waals surface area contributed by atoms with Gasteiger partial charge in [-0.2, -0.15) is 5.26 Å². The molecule has 1 aromatic carbocycles. The van der Waals surface area contributed by atoms with Crippen LogP contribution >= 0.6 is 0 Å². The van der Waals surface area contributed by atoms with Crippen LogP contribution < -0.4 is 10.1 Å². The van der Waals surface area contributed by atoms with E-state index in [1.165, 1.54) is 0 Å². The van der Waals surface area contributed by atoms with E-state index in [4.69, 9.17) is 15.1 Å². The monoisotopic (exact) mass is 234 g/mol. The zero-order valence-corrected chi connectivity index (χ0v) is 9.68. The van der Waals surface area contributed by atoms with Gasteiger partial charge in [0, 0.05) is 5.92 Å². The number of hydrogen-bond acceptors (Lipinski definition) is 3. The molecule has 2 N–H and O–H groups in total. The van der Waals surface area contributed by atoms with E-state index in [0.717, 1.165) is 11.3 Å². The van der Waals surface area contributed by atoms with Crippen LogP contribution in [0.15, 0.2) is 24.3 Å². The Labute approximate surface area is 99.6 Å². The molecule has 0 bridgehead atoms. The molecular formula is C12H14N2O3. The molecule has 2 unspecified atom stereocenters. The van der Waals surface area contributed by atoms with Gasteiger partial charge in [-0.25, -0.2) is 4.79 Å². The van der Waals surface area contributed by atoms with Crippen LogP contribution in [0.3, 0.4) is 0 Å². The molecule has 0 saturated carbocycles. The summed E-state index contributed by atoms with van der Waals surface area (Å²) in [7, 11) is 1.57. The Morgan fingerprint density at radius 1 is 1.47 bits per heavy atom. The maximum atomic E-state index is 10.5. The van der Waals surface area contributed by atoms with E-state index in [0.29, 0.717) is 0 Å². The Kier molecular flexibility index (Phi) is 4.35. The molecule has 0 fully saturated rings. The standard InChI is InChI=1S/C12H14N2O3/c1-8(11(7-13)14-12(15)16)9-3-5-10(17-2)6-4-9/h3-6,8,11,14H,1-2H3,(H,15,16). The van der Waals surface area contributed by atoms with Crippen LogP contribution in [0.2, 0.25) is 0 Å². The number of nitrogens with one attached hydrogen (secondary N) is 1. The molecule has 5 heteroatoms. The number of rotatable bonds is 4. The van der Waals surface area contributed by atoms with Gasteiger partial charge in [0.1, 0.15) is 11.8 Å². The van der Waals surface area contributed by atoms with E-state index in [1.807, 2.05) is 18.2 Å². The lowest BCUT2D eigenvalue weighted by molar-refractivity contribution is 0.191. The quantitative estimate of drug-likeness (QED) is 0.834. The Morgan fingerprint density at radius 3 is 2.47 bits per heavy atom. The van der Waals surface area contributed by atoms with Crippen LogP contribution in [-0.4, -0.2) is 24.4 Å². The highest BCUT2D eigenvalue weighted by Crippen LogP contribution is 2.21. The van der Waals surface area contributed by atoms with E-state index in [-0.39, 0.29) is 5.92 Å². The van der Waals surface area contributed by atoms with Gasteiger partial charge in [0.2, 0.25) is 0 Å². The normalized spacial score (nSPS) is 13.2. The van der Waals surface area contributed by atoms with E-state index in [1.54, 1.807) is 26.2 Å². The van der Waals surface area contributed by atoms with Crippen molar-refractivity contribution in [3.8, 4) is 11.8 Å². The Hall–Kier alpha value is -2.22. The van der Waals surface area contributed by atoms with Crippen LogP contribution in [0.5, 0.6) is 5.75 Å². The van der Waals surface area contributed by atoms with Crippen molar-refractivity contribution in [1.82, 2.24) is 5.32 Å². The van der Waals surface area contributed by atoms with E-state index < -0.39 is 12.1 Å². The van der Waals surface area contributed by atoms with Gasteiger partial charge in [0.15, 0.2) is 0 Å². The average Bonchev–Trinajstić information content (AvgIpc) is 2.35. The molecule has 0 spiro atoms. The van der Waals surface area contributed by atoms with Gasteiger partial charge in [0.25, 0.3) is 0 Å². The first-order chi connectivity index (χ1) is 8.08. The molecule has 1 rings (SSSR count). The Bertz CT molecular complexity index is 422.